The SMILES string of the molecule is CN(CCOc1cccc(Cl)c1)C(=S)Nc1ccccc1F. The van der Waals surface area contributed by atoms with Crippen LogP contribution < -0.4 is 10.1 Å². The Labute approximate surface area is 139 Å². The molecule has 0 unspecified atom stereocenters. The van der Waals surface area contributed by atoms with Gasteiger partial charge in [0.05, 0.1) is 12.2 Å². The molecule has 0 aliphatic rings. The molecular weight excluding hydrogens is 323 g/mol. The Balaban J connectivity index is 1.80. The molecule has 2 rings (SSSR count). The van der Waals surface area contributed by atoms with Gasteiger partial charge in [0.1, 0.15) is 18.2 Å². The van der Waals surface area contributed by atoms with E-state index in [1.165, 1.54) is 6.07 Å². The number of para-hydroxylation sites is 1. The van der Waals surface area contributed by atoms with Crippen molar-refractivity contribution in [2.75, 3.05) is 25.5 Å². The lowest BCUT2D eigenvalue weighted by Crippen LogP contribution is -2.34. The minimum atomic E-state index is -0.339. The largest absolute Gasteiger partial charge is 0.492 e. The monoisotopic (exact) mass is 338 g/mol. The molecule has 0 radical (unpaired) electrons. The Morgan fingerprint density at radius 2 is 2.05 bits per heavy atom. The zero-order valence-corrected chi connectivity index (χ0v) is 13.6. The average molecular weight is 339 g/mol. The highest BCUT2D eigenvalue weighted by Gasteiger charge is 2.07. The van der Waals surface area contributed by atoms with Crippen molar-refractivity contribution in [3.8, 4) is 5.75 Å². The fourth-order valence-electron chi connectivity index (χ4n) is 1.73. The fraction of sp³-hybridized carbons (Fsp3) is 0.188. The summed E-state index contributed by atoms with van der Waals surface area (Å²) in [5, 5.41) is 3.93. The van der Waals surface area contributed by atoms with Gasteiger partial charge in [0, 0.05) is 12.1 Å². The Hall–Kier alpha value is -1.85. The van der Waals surface area contributed by atoms with E-state index in [2.05, 4.69) is 5.32 Å². The molecule has 0 atom stereocenters. The molecule has 0 saturated heterocycles. The second kappa shape index (κ2) is 7.96. The summed E-state index contributed by atoms with van der Waals surface area (Å²) >= 11 is 11.1. The third-order valence-corrected chi connectivity index (χ3v) is 3.60. The molecule has 0 fully saturated rings. The highest BCUT2D eigenvalue weighted by atomic mass is 35.5. The lowest BCUT2D eigenvalue weighted by Gasteiger charge is -2.21. The molecule has 0 bridgehead atoms. The summed E-state index contributed by atoms with van der Waals surface area (Å²) in [4.78, 5) is 1.78. The topological polar surface area (TPSA) is 24.5 Å². The molecule has 2 aromatic rings. The van der Waals surface area contributed by atoms with E-state index >= 15 is 0 Å². The molecule has 0 saturated carbocycles. The van der Waals surface area contributed by atoms with Gasteiger partial charge in [-0.05, 0) is 42.5 Å². The van der Waals surface area contributed by atoms with Crippen LogP contribution >= 0.6 is 23.8 Å². The zero-order valence-electron chi connectivity index (χ0n) is 12.1. The van der Waals surface area contributed by atoms with E-state index in [4.69, 9.17) is 28.6 Å². The number of benzene rings is 2. The number of nitrogens with zero attached hydrogens (tertiary/aromatic N) is 1. The summed E-state index contributed by atoms with van der Waals surface area (Å²) in [6.45, 7) is 1.00. The number of thiocarbonyl (C=S) groups is 1. The quantitative estimate of drug-likeness (QED) is 0.826. The first-order valence-electron chi connectivity index (χ1n) is 6.71. The van der Waals surface area contributed by atoms with Crippen LogP contribution in [-0.2, 0) is 0 Å². The molecule has 1 N–H and O–H groups in total. The molecule has 0 heterocycles. The van der Waals surface area contributed by atoms with Crippen molar-refractivity contribution in [1.82, 2.24) is 4.90 Å². The number of ether oxygens (including phenoxy) is 1. The molecule has 6 heteroatoms. The zero-order chi connectivity index (χ0) is 15.9. The molecule has 0 amide bonds. The minimum absolute atomic E-state index is 0.339. The van der Waals surface area contributed by atoms with Gasteiger partial charge in [-0.15, -0.1) is 0 Å². The third kappa shape index (κ3) is 4.86. The second-order valence-corrected chi connectivity index (χ2v) is 5.46. The first-order valence-corrected chi connectivity index (χ1v) is 7.50. The van der Waals surface area contributed by atoms with Gasteiger partial charge >= 0.3 is 0 Å². The molecule has 0 spiro atoms. The number of rotatable bonds is 5. The Kier molecular flexibility index (Phi) is 5.98. The lowest BCUT2D eigenvalue weighted by molar-refractivity contribution is 0.285. The van der Waals surface area contributed by atoms with E-state index in [9.17, 15) is 4.39 Å². The van der Waals surface area contributed by atoms with Crippen molar-refractivity contribution >= 4 is 34.6 Å². The molecule has 0 aromatic heterocycles. The van der Waals surface area contributed by atoms with Gasteiger partial charge < -0.3 is 15.0 Å². The maximum atomic E-state index is 13.5. The van der Waals surface area contributed by atoms with E-state index in [0.29, 0.717) is 34.7 Å². The van der Waals surface area contributed by atoms with E-state index < -0.39 is 0 Å². The Morgan fingerprint density at radius 3 is 2.77 bits per heavy atom. The number of anilines is 1. The van der Waals surface area contributed by atoms with Crippen molar-refractivity contribution in [2.24, 2.45) is 0 Å². The maximum absolute atomic E-state index is 13.5. The molecule has 22 heavy (non-hydrogen) atoms. The van der Waals surface area contributed by atoms with Crippen LogP contribution in [0.2, 0.25) is 5.02 Å². The Bertz CT molecular complexity index is 654. The molecular formula is C16H16ClFN2OS. The van der Waals surface area contributed by atoms with E-state index in [-0.39, 0.29) is 5.82 Å². The van der Waals surface area contributed by atoms with Crippen molar-refractivity contribution in [3.05, 3.63) is 59.4 Å². The summed E-state index contributed by atoms with van der Waals surface area (Å²) in [6, 6.07) is 13.6. The predicted octanol–water partition coefficient (Wildman–Crippen LogP) is 4.19. The molecule has 0 aliphatic heterocycles. The van der Waals surface area contributed by atoms with Crippen LogP contribution in [-0.4, -0.2) is 30.2 Å². The average Bonchev–Trinajstić information content (AvgIpc) is 2.49. The van der Waals surface area contributed by atoms with E-state index in [1.807, 2.05) is 19.2 Å². The number of halogens is 2. The summed E-state index contributed by atoms with van der Waals surface area (Å²) in [5.41, 5.74) is 0.357. The summed E-state index contributed by atoms with van der Waals surface area (Å²) < 4.78 is 19.1. The number of nitrogens with one attached hydrogen (secondary N) is 1. The van der Waals surface area contributed by atoms with Crippen LogP contribution in [0.25, 0.3) is 0 Å². The fourth-order valence-corrected chi connectivity index (χ4v) is 2.11. The maximum Gasteiger partial charge on any atom is 0.173 e. The van der Waals surface area contributed by atoms with Crippen LogP contribution in [0.5, 0.6) is 5.75 Å². The second-order valence-electron chi connectivity index (χ2n) is 4.64. The van der Waals surface area contributed by atoms with Crippen molar-refractivity contribution < 1.29 is 9.13 Å². The summed E-state index contributed by atoms with van der Waals surface area (Å²) in [5.74, 6) is 0.363. The molecule has 2 aromatic carbocycles. The van der Waals surface area contributed by atoms with Crippen molar-refractivity contribution in [2.45, 2.75) is 0 Å². The van der Waals surface area contributed by atoms with Gasteiger partial charge in [0.15, 0.2) is 5.11 Å². The molecule has 0 aliphatic carbocycles. The van der Waals surface area contributed by atoms with Crippen LogP contribution in [0.1, 0.15) is 0 Å². The number of hydrogen-bond acceptors (Lipinski definition) is 2. The minimum Gasteiger partial charge on any atom is -0.492 e. The van der Waals surface area contributed by atoms with Gasteiger partial charge in [-0.3, -0.25) is 0 Å². The van der Waals surface area contributed by atoms with Crippen LogP contribution in [0.4, 0.5) is 10.1 Å². The van der Waals surface area contributed by atoms with Gasteiger partial charge in [-0.25, -0.2) is 4.39 Å². The Morgan fingerprint density at radius 1 is 1.27 bits per heavy atom. The highest BCUT2D eigenvalue weighted by Crippen LogP contribution is 2.17. The number of likely N-dealkylation sites (N-methyl/N-ethyl adjacent to an activating group) is 1. The van der Waals surface area contributed by atoms with E-state index in [1.54, 1.807) is 35.2 Å². The first-order chi connectivity index (χ1) is 10.6. The van der Waals surface area contributed by atoms with Crippen molar-refractivity contribution in [1.29, 1.82) is 0 Å². The summed E-state index contributed by atoms with van der Waals surface area (Å²) in [7, 11) is 1.82. The normalized spacial score (nSPS) is 10.1. The van der Waals surface area contributed by atoms with Crippen LogP contribution in [0.3, 0.4) is 0 Å². The van der Waals surface area contributed by atoms with Gasteiger partial charge in [0.2, 0.25) is 0 Å². The predicted molar refractivity (Wildman–Crippen MR) is 92.2 cm³/mol. The summed E-state index contributed by atoms with van der Waals surface area (Å²) in [6.07, 6.45) is 0. The van der Waals surface area contributed by atoms with Gasteiger partial charge in [-0.1, -0.05) is 29.8 Å². The standard InChI is InChI=1S/C16H16ClFN2OS/c1-20(9-10-21-13-6-4-5-12(17)11-13)16(22)19-15-8-3-2-7-14(15)18/h2-8,11H,9-10H2,1H3,(H,19,22). The number of hydrogen-bond donors (Lipinski definition) is 1. The third-order valence-electron chi connectivity index (χ3n) is 2.95. The van der Waals surface area contributed by atoms with Crippen molar-refractivity contribution in [3.63, 3.8) is 0 Å². The molecule has 116 valence electrons. The first kappa shape index (κ1) is 16.5. The van der Waals surface area contributed by atoms with Gasteiger partial charge in [-0.2, -0.15) is 0 Å². The lowest BCUT2D eigenvalue weighted by atomic mass is 10.3. The smallest absolute Gasteiger partial charge is 0.173 e. The van der Waals surface area contributed by atoms with Crippen LogP contribution in [0, 0.1) is 5.82 Å². The van der Waals surface area contributed by atoms with E-state index in [0.717, 1.165) is 0 Å². The van der Waals surface area contributed by atoms with Crippen LogP contribution in [0.15, 0.2) is 48.5 Å². The van der Waals surface area contributed by atoms with Gasteiger partial charge in [0.25, 0.3) is 0 Å². The highest BCUT2D eigenvalue weighted by molar-refractivity contribution is 7.80. The molecule has 3 nitrogen and oxygen atoms in total.